The molecule has 0 spiro atoms. The van der Waals surface area contributed by atoms with Gasteiger partial charge in [0, 0.05) is 36.5 Å². The first-order valence-corrected chi connectivity index (χ1v) is 9.82. The number of fused-ring (bicyclic) bond motifs is 1. The molecular weight excluding hydrogens is 381 g/mol. The SMILES string of the molecule is CCCN1C(=O)CCc2cc(NS(=O)(=O)c3c(F)cc(F)cc3F)ccc21. The van der Waals surface area contributed by atoms with Crippen molar-refractivity contribution in [3.05, 3.63) is 53.3 Å². The Morgan fingerprint density at radius 2 is 1.74 bits per heavy atom. The first kappa shape index (κ1) is 19.2. The van der Waals surface area contributed by atoms with Crippen LogP contribution in [0, 0.1) is 17.5 Å². The lowest BCUT2D eigenvalue weighted by Crippen LogP contribution is -2.35. The van der Waals surface area contributed by atoms with Gasteiger partial charge < -0.3 is 4.90 Å². The molecule has 0 aliphatic carbocycles. The molecule has 0 fully saturated rings. The third kappa shape index (κ3) is 3.78. The number of aryl methyl sites for hydroxylation is 1. The summed E-state index contributed by atoms with van der Waals surface area (Å²) in [4.78, 5) is 12.4. The van der Waals surface area contributed by atoms with Gasteiger partial charge in [0.25, 0.3) is 10.0 Å². The van der Waals surface area contributed by atoms with Gasteiger partial charge in [0.2, 0.25) is 5.91 Å². The Bertz CT molecular complexity index is 986. The number of sulfonamides is 1. The van der Waals surface area contributed by atoms with Crippen LogP contribution in [0.1, 0.15) is 25.3 Å². The molecule has 0 saturated heterocycles. The molecule has 1 heterocycles. The third-order valence-corrected chi connectivity index (χ3v) is 5.64. The van der Waals surface area contributed by atoms with Crippen molar-refractivity contribution in [3.8, 4) is 0 Å². The van der Waals surface area contributed by atoms with E-state index in [4.69, 9.17) is 0 Å². The molecule has 9 heteroatoms. The second kappa shape index (κ2) is 7.22. The van der Waals surface area contributed by atoms with Crippen LogP contribution in [0.2, 0.25) is 0 Å². The van der Waals surface area contributed by atoms with E-state index in [1.165, 1.54) is 12.1 Å². The molecule has 0 aromatic heterocycles. The second-order valence-corrected chi connectivity index (χ2v) is 7.81. The number of hydrogen-bond acceptors (Lipinski definition) is 3. The summed E-state index contributed by atoms with van der Waals surface area (Å²) in [6, 6.07) is 5.15. The van der Waals surface area contributed by atoms with Gasteiger partial charge in [-0.25, -0.2) is 21.6 Å². The summed E-state index contributed by atoms with van der Waals surface area (Å²) >= 11 is 0. The van der Waals surface area contributed by atoms with Crippen molar-refractivity contribution in [1.29, 1.82) is 0 Å². The fourth-order valence-corrected chi connectivity index (χ4v) is 4.25. The van der Waals surface area contributed by atoms with Crippen molar-refractivity contribution >= 4 is 27.3 Å². The number of rotatable bonds is 5. The number of nitrogens with zero attached hydrogens (tertiary/aromatic N) is 1. The quantitative estimate of drug-likeness (QED) is 0.837. The second-order valence-electron chi connectivity index (χ2n) is 6.19. The predicted octanol–water partition coefficient (Wildman–Crippen LogP) is 3.59. The molecule has 2 aromatic carbocycles. The maximum Gasteiger partial charge on any atom is 0.267 e. The summed E-state index contributed by atoms with van der Waals surface area (Å²) in [6.45, 7) is 2.48. The van der Waals surface area contributed by atoms with Gasteiger partial charge in [-0.3, -0.25) is 9.52 Å². The largest absolute Gasteiger partial charge is 0.312 e. The zero-order valence-electron chi connectivity index (χ0n) is 14.4. The standard InChI is InChI=1S/C18H17F3N2O3S/c1-2-7-23-16-5-4-13(8-11(16)3-6-17(23)24)22-27(25,26)18-14(20)9-12(19)10-15(18)21/h4-5,8-10,22H,2-3,6-7H2,1H3. The van der Waals surface area contributed by atoms with E-state index in [9.17, 15) is 26.4 Å². The minimum atomic E-state index is -4.60. The Morgan fingerprint density at radius 1 is 1.07 bits per heavy atom. The van der Waals surface area contributed by atoms with E-state index in [0.717, 1.165) is 12.0 Å². The molecular formula is C18H17F3N2O3S. The molecule has 144 valence electrons. The average molecular weight is 398 g/mol. The number of amides is 1. The highest BCUT2D eigenvalue weighted by atomic mass is 32.2. The molecule has 1 N–H and O–H groups in total. The first-order chi connectivity index (χ1) is 12.7. The molecule has 0 bridgehead atoms. The predicted molar refractivity (Wildman–Crippen MR) is 94.5 cm³/mol. The summed E-state index contributed by atoms with van der Waals surface area (Å²) in [6.07, 6.45) is 1.50. The number of carbonyl (C=O) groups is 1. The highest BCUT2D eigenvalue weighted by molar-refractivity contribution is 7.92. The highest BCUT2D eigenvalue weighted by Crippen LogP contribution is 2.31. The maximum absolute atomic E-state index is 13.8. The van der Waals surface area contributed by atoms with Crippen LogP contribution >= 0.6 is 0 Å². The van der Waals surface area contributed by atoms with E-state index < -0.39 is 32.4 Å². The Hall–Kier alpha value is -2.55. The number of nitrogens with one attached hydrogen (secondary N) is 1. The average Bonchev–Trinajstić information content (AvgIpc) is 2.56. The first-order valence-electron chi connectivity index (χ1n) is 8.33. The molecule has 5 nitrogen and oxygen atoms in total. The summed E-state index contributed by atoms with van der Waals surface area (Å²) in [5, 5.41) is 0. The van der Waals surface area contributed by atoms with Crippen molar-refractivity contribution < 1.29 is 26.4 Å². The minimum absolute atomic E-state index is 0.00636. The van der Waals surface area contributed by atoms with E-state index in [-0.39, 0.29) is 11.6 Å². The van der Waals surface area contributed by atoms with Crippen molar-refractivity contribution in [2.75, 3.05) is 16.2 Å². The molecule has 27 heavy (non-hydrogen) atoms. The lowest BCUT2D eigenvalue weighted by molar-refractivity contribution is -0.118. The molecule has 0 radical (unpaired) electrons. The van der Waals surface area contributed by atoms with Gasteiger partial charge in [-0.05, 0) is 36.6 Å². The van der Waals surface area contributed by atoms with Gasteiger partial charge in [0.15, 0.2) is 4.90 Å². The summed E-state index contributed by atoms with van der Waals surface area (Å²) in [5.74, 6) is -4.25. The van der Waals surface area contributed by atoms with Crippen molar-refractivity contribution in [1.82, 2.24) is 0 Å². The van der Waals surface area contributed by atoms with Crippen molar-refractivity contribution in [2.45, 2.75) is 31.1 Å². The minimum Gasteiger partial charge on any atom is -0.312 e. The Labute approximate surface area is 154 Å². The van der Waals surface area contributed by atoms with E-state index >= 15 is 0 Å². The normalized spacial score (nSPS) is 14.2. The fourth-order valence-electron chi connectivity index (χ4n) is 3.08. The van der Waals surface area contributed by atoms with Gasteiger partial charge in [0.1, 0.15) is 17.5 Å². The number of halogens is 3. The number of anilines is 2. The molecule has 1 aliphatic rings. The number of hydrogen-bond donors (Lipinski definition) is 1. The smallest absolute Gasteiger partial charge is 0.267 e. The Balaban J connectivity index is 1.94. The van der Waals surface area contributed by atoms with Crippen LogP contribution in [-0.4, -0.2) is 20.9 Å². The van der Waals surface area contributed by atoms with Crippen LogP contribution in [0.15, 0.2) is 35.2 Å². The third-order valence-electron chi connectivity index (χ3n) is 4.21. The zero-order chi connectivity index (χ0) is 19.8. The molecule has 0 saturated carbocycles. The number of carbonyl (C=O) groups excluding carboxylic acids is 1. The van der Waals surface area contributed by atoms with Gasteiger partial charge in [-0.1, -0.05) is 6.92 Å². The fraction of sp³-hybridized carbons (Fsp3) is 0.278. The van der Waals surface area contributed by atoms with E-state index in [1.807, 2.05) is 6.92 Å². The zero-order valence-corrected chi connectivity index (χ0v) is 15.2. The van der Waals surface area contributed by atoms with Crippen LogP contribution in [-0.2, 0) is 21.2 Å². The maximum atomic E-state index is 13.8. The monoisotopic (exact) mass is 398 g/mol. The molecule has 1 aliphatic heterocycles. The van der Waals surface area contributed by atoms with Gasteiger partial charge in [-0.2, -0.15) is 0 Å². The molecule has 3 rings (SSSR count). The van der Waals surface area contributed by atoms with E-state index in [1.54, 1.807) is 11.0 Å². The Kier molecular flexibility index (Phi) is 5.14. The molecule has 0 unspecified atom stereocenters. The van der Waals surface area contributed by atoms with Crippen LogP contribution in [0.5, 0.6) is 0 Å². The molecule has 0 atom stereocenters. The van der Waals surface area contributed by atoms with Crippen molar-refractivity contribution in [2.24, 2.45) is 0 Å². The van der Waals surface area contributed by atoms with Crippen LogP contribution in [0.25, 0.3) is 0 Å². The van der Waals surface area contributed by atoms with Gasteiger partial charge >= 0.3 is 0 Å². The van der Waals surface area contributed by atoms with Gasteiger partial charge in [0.05, 0.1) is 0 Å². The Morgan fingerprint density at radius 3 is 2.37 bits per heavy atom. The summed E-state index contributed by atoms with van der Waals surface area (Å²) in [7, 11) is -4.60. The van der Waals surface area contributed by atoms with Crippen molar-refractivity contribution in [3.63, 3.8) is 0 Å². The van der Waals surface area contributed by atoms with Gasteiger partial charge in [-0.15, -0.1) is 0 Å². The summed E-state index contributed by atoms with van der Waals surface area (Å²) in [5.41, 5.74) is 1.54. The molecule has 2 aromatic rings. The van der Waals surface area contributed by atoms with E-state index in [2.05, 4.69) is 4.72 Å². The lowest BCUT2D eigenvalue weighted by Gasteiger charge is -2.29. The topological polar surface area (TPSA) is 66.5 Å². The van der Waals surface area contributed by atoms with Crippen LogP contribution in [0.4, 0.5) is 24.5 Å². The van der Waals surface area contributed by atoms with Crippen LogP contribution < -0.4 is 9.62 Å². The lowest BCUT2D eigenvalue weighted by atomic mass is 10.0. The molecule has 1 amide bonds. The van der Waals surface area contributed by atoms with E-state index in [0.29, 0.717) is 37.2 Å². The summed E-state index contributed by atoms with van der Waals surface area (Å²) < 4.78 is 67.5. The highest BCUT2D eigenvalue weighted by Gasteiger charge is 2.27. The number of benzene rings is 2. The van der Waals surface area contributed by atoms with Crippen LogP contribution in [0.3, 0.4) is 0 Å².